The summed E-state index contributed by atoms with van der Waals surface area (Å²) < 4.78 is 32.6. The Hall–Kier alpha value is -0.660. The van der Waals surface area contributed by atoms with Crippen LogP contribution in [-0.4, -0.2) is 51.3 Å². The molecule has 2 aliphatic heterocycles. The van der Waals surface area contributed by atoms with Crippen molar-refractivity contribution in [2.45, 2.75) is 12.5 Å². The molecule has 1 aromatic rings. The number of rotatable bonds is 4. The van der Waals surface area contributed by atoms with E-state index in [2.05, 4.69) is 5.32 Å². The second-order valence-corrected chi connectivity index (χ2v) is 8.30. The lowest BCUT2D eigenvalue weighted by molar-refractivity contribution is 0.188. The maximum Gasteiger partial charge on any atom is 0.215 e. The fourth-order valence-corrected chi connectivity index (χ4v) is 5.33. The van der Waals surface area contributed by atoms with Gasteiger partial charge in [-0.1, -0.05) is 23.7 Å². The van der Waals surface area contributed by atoms with Crippen molar-refractivity contribution in [1.82, 2.24) is 9.62 Å². The van der Waals surface area contributed by atoms with Crippen LogP contribution in [0.1, 0.15) is 18.0 Å². The minimum Gasteiger partial charge on any atom is -0.381 e. The molecule has 5 nitrogen and oxygen atoms in total. The highest BCUT2D eigenvalue weighted by Gasteiger charge is 2.35. The molecule has 0 aliphatic carbocycles. The molecule has 3 rings (SSSR count). The standard InChI is InChI=1S/C15H21ClN2O3S/c16-14-3-1-2-13(8-14)15-9-17-5-6-18(15)22(19,20)11-12-4-7-21-10-12/h1-3,8,12,15,17H,4-7,9-11H2. The fourth-order valence-electron chi connectivity index (χ4n) is 3.12. The maximum absolute atomic E-state index is 12.8. The van der Waals surface area contributed by atoms with Gasteiger partial charge in [0.25, 0.3) is 0 Å². The van der Waals surface area contributed by atoms with Gasteiger partial charge in [-0.25, -0.2) is 8.42 Å². The average Bonchev–Trinajstić information content (AvgIpc) is 2.99. The summed E-state index contributed by atoms with van der Waals surface area (Å²) in [5, 5.41) is 3.90. The molecule has 0 saturated carbocycles. The van der Waals surface area contributed by atoms with E-state index in [1.807, 2.05) is 18.2 Å². The lowest BCUT2D eigenvalue weighted by Crippen LogP contribution is -2.49. The van der Waals surface area contributed by atoms with Gasteiger partial charge in [-0.05, 0) is 30.0 Å². The van der Waals surface area contributed by atoms with Crippen LogP contribution in [0.5, 0.6) is 0 Å². The van der Waals surface area contributed by atoms with Crippen molar-refractivity contribution in [3.8, 4) is 0 Å². The Morgan fingerprint density at radius 1 is 1.41 bits per heavy atom. The van der Waals surface area contributed by atoms with E-state index >= 15 is 0 Å². The van der Waals surface area contributed by atoms with E-state index in [0.717, 1.165) is 12.0 Å². The Labute approximate surface area is 136 Å². The van der Waals surface area contributed by atoms with Crippen molar-refractivity contribution in [2.75, 3.05) is 38.6 Å². The van der Waals surface area contributed by atoms with E-state index in [-0.39, 0.29) is 17.7 Å². The molecule has 2 unspecified atom stereocenters. The van der Waals surface area contributed by atoms with Gasteiger partial charge in [0.05, 0.1) is 18.4 Å². The molecule has 2 heterocycles. The largest absolute Gasteiger partial charge is 0.381 e. The highest BCUT2D eigenvalue weighted by Crippen LogP contribution is 2.28. The zero-order valence-electron chi connectivity index (χ0n) is 12.4. The minimum atomic E-state index is -3.31. The minimum absolute atomic E-state index is 0.111. The van der Waals surface area contributed by atoms with Crippen LogP contribution in [0.4, 0.5) is 0 Å². The van der Waals surface area contributed by atoms with Crippen molar-refractivity contribution in [2.24, 2.45) is 5.92 Å². The molecule has 2 aliphatic rings. The molecule has 0 bridgehead atoms. The molecular weight excluding hydrogens is 324 g/mol. The van der Waals surface area contributed by atoms with Crippen LogP contribution in [-0.2, 0) is 14.8 Å². The van der Waals surface area contributed by atoms with Gasteiger partial charge in [-0.15, -0.1) is 0 Å². The highest BCUT2D eigenvalue weighted by molar-refractivity contribution is 7.89. The quantitative estimate of drug-likeness (QED) is 0.902. The summed E-state index contributed by atoms with van der Waals surface area (Å²) in [5.74, 6) is 0.282. The monoisotopic (exact) mass is 344 g/mol. The first kappa shape index (κ1) is 16.2. The smallest absolute Gasteiger partial charge is 0.215 e. The van der Waals surface area contributed by atoms with Crippen LogP contribution in [0.25, 0.3) is 0 Å². The van der Waals surface area contributed by atoms with Gasteiger partial charge in [0, 0.05) is 31.3 Å². The van der Waals surface area contributed by atoms with Crippen LogP contribution >= 0.6 is 11.6 Å². The van der Waals surface area contributed by atoms with Crippen LogP contribution in [0, 0.1) is 5.92 Å². The number of halogens is 1. The summed E-state index contributed by atoms with van der Waals surface area (Å²) in [6, 6.07) is 7.25. The summed E-state index contributed by atoms with van der Waals surface area (Å²) in [6.07, 6.45) is 0.827. The van der Waals surface area contributed by atoms with E-state index in [0.29, 0.717) is 37.9 Å². The highest BCUT2D eigenvalue weighted by atomic mass is 35.5. The SMILES string of the molecule is O=S(=O)(CC1CCOC1)N1CCNCC1c1cccc(Cl)c1. The zero-order valence-corrected chi connectivity index (χ0v) is 13.9. The van der Waals surface area contributed by atoms with Crippen molar-refractivity contribution in [3.05, 3.63) is 34.9 Å². The van der Waals surface area contributed by atoms with Crippen LogP contribution in [0.2, 0.25) is 5.02 Å². The predicted octanol–water partition coefficient (Wildman–Crippen LogP) is 1.65. The number of sulfonamides is 1. The molecule has 0 aromatic heterocycles. The Balaban J connectivity index is 1.82. The van der Waals surface area contributed by atoms with Crippen molar-refractivity contribution >= 4 is 21.6 Å². The molecule has 1 aromatic carbocycles. The van der Waals surface area contributed by atoms with Gasteiger partial charge in [-0.2, -0.15) is 4.31 Å². The van der Waals surface area contributed by atoms with E-state index < -0.39 is 10.0 Å². The summed E-state index contributed by atoms with van der Waals surface area (Å²) in [4.78, 5) is 0. The fraction of sp³-hybridized carbons (Fsp3) is 0.600. The van der Waals surface area contributed by atoms with Crippen LogP contribution < -0.4 is 5.32 Å². The van der Waals surface area contributed by atoms with E-state index in [1.165, 1.54) is 0 Å². The second kappa shape index (κ2) is 6.84. The molecule has 2 fully saturated rings. The number of hydrogen-bond donors (Lipinski definition) is 1. The third-order valence-corrected chi connectivity index (χ3v) is 6.53. The van der Waals surface area contributed by atoms with Gasteiger partial charge in [-0.3, -0.25) is 0 Å². The summed E-state index contributed by atoms with van der Waals surface area (Å²) in [6.45, 7) is 3.00. The maximum atomic E-state index is 12.8. The van der Waals surface area contributed by atoms with E-state index in [4.69, 9.17) is 16.3 Å². The number of benzene rings is 1. The topological polar surface area (TPSA) is 58.6 Å². The van der Waals surface area contributed by atoms with Crippen LogP contribution in [0.3, 0.4) is 0 Å². The van der Waals surface area contributed by atoms with Gasteiger partial charge in [0.15, 0.2) is 0 Å². The molecule has 0 radical (unpaired) electrons. The summed E-state index contributed by atoms with van der Waals surface area (Å²) in [7, 11) is -3.31. The lowest BCUT2D eigenvalue weighted by atomic mass is 10.1. The van der Waals surface area contributed by atoms with Gasteiger partial charge in [0.1, 0.15) is 0 Å². The number of nitrogens with zero attached hydrogens (tertiary/aromatic N) is 1. The first-order valence-corrected chi connectivity index (χ1v) is 9.58. The zero-order chi connectivity index (χ0) is 15.6. The number of nitrogens with one attached hydrogen (secondary N) is 1. The summed E-state index contributed by atoms with van der Waals surface area (Å²) >= 11 is 6.06. The van der Waals surface area contributed by atoms with Gasteiger partial charge < -0.3 is 10.1 Å². The first-order valence-electron chi connectivity index (χ1n) is 7.60. The third-order valence-electron chi connectivity index (χ3n) is 4.26. The van der Waals surface area contributed by atoms with Gasteiger partial charge in [0.2, 0.25) is 10.0 Å². The molecule has 0 amide bonds. The molecular formula is C15H21ClN2O3S. The second-order valence-electron chi connectivity index (χ2n) is 5.89. The first-order chi connectivity index (χ1) is 10.6. The van der Waals surface area contributed by atoms with Crippen molar-refractivity contribution in [1.29, 1.82) is 0 Å². The third kappa shape index (κ3) is 3.63. The predicted molar refractivity (Wildman–Crippen MR) is 86.5 cm³/mol. The van der Waals surface area contributed by atoms with Crippen LogP contribution in [0.15, 0.2) is 24.3 Å². The van der Waals surface area contributed by atoms with Crippen molar-refractivity contribution < 1.29 is 13.2 Å². The molecule has 1 N–H and O–H groups in total. The molecule has 122 valence electrons. The average molecular weight is 345 g/mol. The normalized spacial score (nSPS) is 27.1. The van der Waals surface area contributed by atoms with Gasteiger partial charge >= 0.3 is 0 Å². The molecule has 7 heteroatoms. The Kier molecular flexibility index (Phi) is 5.04. The Bertz CT molecular complexity index is 617. The molecule has 2 saturated heterocycles. The number of ether oxygens (including phenoxy) is 1. The molecule has 22 heavy (non-hydrogen) atoms. The van der Waals surface area contributed by atoms with Crippen molar-refractivity contribution in [3.63, 3.8) is 0 Å². The lowest BCUT2D eigenvalue weighted by Gasteiger charge is -2.36. The Morgan fingerprint density at radius 2 is 2.27 bits per heavy atom. The summed E-state index contributed by atoms with van der Waals surface area (Å²) in [5.41, 5.74) is 0.936. The Morgan fingerprint density at radius 3 is 3.00 bits per heavy atom. The number of hydrogen-bond acceptors (Lipinski definition) is 4. The molecule has 0 spiro atoms. The van der Waals surface area contributed by atoms with E-state index in [9.17, 15) is 8.42 Å². The number of piperazine rings is 1. The molecule has 2 atom stereocenters. The van der Waals surface area contributed by atoms with E-state index in [1.54, 1.807) is 10.4 Å².